The molecule has 0 amide bonds. The lowest BCUT2D eigenvalue weighted by atomic mass is 9.82. The Balaban J connectivity index is 1.99. The van der Waals surface area contributed by atoms with E-state index < -0.39 is 0 Å². The first-order chi connectivity index (χ1) is 7.70. The van der Waals surface area contributed by atoms with Gasteiger partial charge in [-0.05, 0) is 18.8 Å². The van der Waals surface area contributed by atoms with Crippen molar-refractivity contribution in [1.29, 1.82) is 0 Å². The van der Waals surface area contributed by atoms with Crippen molar-refractivity contribution in [1.82, 2.24) is 4.90 Å². The van der Waals surface area contributed by atoms with Crippen LogP contribution in [0, 0.1) is 11.3 Å². The highest BCUT2D eigenvalue weighted by Crippen LogP contribution is 2.48. The molecule has 2 fully saturated rings. The second kappa shape index (κ2) is 4.59. The molecule has 0 radical (unpaired) electrons. The number of hydrogen-bond donors (Lipinski definition) is 2. The van der Waals surface area contributed by atoms with Crippen molar-refractivity contribution in [3.8, 4) is 0 Å². The zero-order valence-electron chi connectivity index (χ0n) is 9.85. The van der Waals surface area contributed by atoms with Crippen LogP contribution in [-0.2, 0) is 4.74 Å². The van der Waals surface area contributed by atoms with E-state index in [-0.39, 0.29) is 0 Å². The van der Waals surface area contributed by atoms with Crippen LogP contribution in [-0.4, -0.2) is 49.3 Å². The summed E-state index contributed by atoms with van der Waals surface area (Å²) in [5, 5.41) is 11.6. The molecule has 1 aliphatic heterocycles. The van der Waals surface area contributed by atoms with Gasteiger partial charge in [0, 0.05) is 25.6 Å². The molecule has 0 unspecified atom stereocenters. The first-order valence-corrected chi connectivity index (χ1v) is 5.88. The van der Waals surface area contributed by atoms with Crippen molar-refractivity contribution < 1.29 is 9.94 Å². The first-order valence-electron chi connectivity index (χ1n) is 5.88. The van der Waals surface area contributed by atoms with Crippen molar-refractivity contribution in [2.24, 2.45) is 22.2 Å². The molecule has 5 nitrogen and oxygen atoms in total. The standard InChI is InChI=1S/C11H21N3O2/c1-16-8-11-4-2-3-9(11)5-14(7-11)6-10(12)13-15/h9,15H,2-8H2,1H3,(H2,12,13)/t9-,11-/m1/s1. The van der Waals surface area contributed by atoms with Gasteiger partial charge in [0.25, 0.3) is 0 Å². The molecule has 1 heterocycles. The third kappa shape index (κ3) is 2.01. The summed E-state index contributed by atoms with van der Waals surface area (Å²) >= 11 is 0. The lowest BCUT2D eigenvalue weighted by molar-refractivity contribution is 0.0712. The second-order valence-corrected chi connectivity index (χ2v) is 5.15. The molecule has 0 aromatic rings. The van der Waals surface area contributed by atoms with Crippen LogP contribution in [0.3, 0.4) is 0 Å². The van der Waals surface area contributed by atoms with E-state index in [9.17, 15) is 0 Å². The highest BCUT2D eigenvalue weighted by molar-refractivity contribution is 5.81. The average Bonchev–Trinajstić information content (AvgIpc) is 2.74. The summed E-state index contributed by atoms with van der Waals surface area (Å²) in [5.74, 6) is 1.02. The fourth-order valence-electron chi connectivity index (χ4n) is 3.43. The van der Waals surface area contributed by atoms with E-state index in [4.69, 9.17) is 15.7 Å². The van der Waals surface area contributed by atoms with Crippen molar-refractivity contribution in [3.05, 3.63) is 0 Å². The van der Waals surface area contributed by atoms with Crippen molar-refractivity contribution in [3.63, 3.8) is 0 Å². The Kier molecular flexibility index (Phi) is 3.35. The van der Waals surface area contributed by atoms with Gasteiger partial charge in [-0.25, -0.2) is 0 Å². The molecular formula is C11H21N3O2. The Morgan fingerprint density at radius 2 is 2.50 bits per heavy atom. The molecular weight excluding hydrogens is 206 g/mol. The predicted octanol–water partition coefficient (Wildman–Crippen LogP) is 0.481. The number of nitrogens with zero attached hydrogens (tertiary/aromatic N) is 2. The van der Waals surface area contributed by atoms with Crippen molar-refractivity contribution in [2.45, 2.75) is 19.3 Å². The van der Waals surface area contributed by atoms with Crippen molar-refractivity contribution >= 4 is 5.84 Å². The molecule has 92 valence electrons. The molecule has 1 aliphatic carbocycles. The Morgan fingerprint density at radius 1 is 1.69 bits per heavy atom. The molecule has 0 spiro atoms. The molecule has 5 heteroatoms. The zero-order valence-corrected chi connectivity index (χ0v) is 9.85. The SMILES string of the molecule is COC[C@]12CCC[C@@H]1CN(CC(N)=NO)C2. The highest BCUT2D eigenvalue weighted by Gasteiger charge is 2.49. The monoisotopic (exact) mass is 227 g/mol. The number of methoxy groups -OCH3 is 1. The normalized spacial score (nSPS) is 35.6. The number of hydrogen-bond acceptors (Lipinski definition) is 4. The van der Waals surface area contributed by atoms with Crippen LogP contribution < -0.4 is 5.73 Å². The van der Waals surface area contributed by atoms with Crippen LogP contribution in [0.1, 0.15) is 19.3 Å². The maximum atomic E-state index is 8.58. The van der Waals surface area contributed by atoms with Gasteiger partial charge >= 0.3 is 0 Å². The topological polar surface area (TPSA) is 71.1 Å². The van der Waals surface area contributed by atoms with Crippen LogP contribution in [0.5, 0.6) is 0 Å². The molecule has 0 aromatic carbocycles. The van der Waals surface area contributed by atoms with Gasteiger partial charge in [0.15, 0.2) is 5.84 Å². The van der Waals surface area contributed by atoms with Gasteiger partial charge in [0.1, 0.15) is 0 Å². The summed E-state index contributed by atoms with van der Waals surface area (Å²) < 4.78 is 5.37. The number of rotatable bonds is 4. The van der Waals surface area contributed by atoms with Crippen LogP contribution in [0.25, 0.3) is 0 Å². The molecule has 2 rings (SSSR count). The largest absolute Gasteiger partial charge is 0.409 e. The van der Waals surface area contributed by atoms with Crippen molar-refractivity contribution in [2.75, 3.05) is 33.4 Å². The Hall–Kier alpha value is -0.810. The molecule has 0 aromatic heterocycles. The summed E-state index contributed by atoms with van der Waals surface area (Å²) in [6.45, 7) is 3.48. The van der Waals surface area contributed by atoms with Gasteiger partial charge < -0.3 is 15.7 Å². The van der Waals surface area contributed by atoms with E-state index in [1.807, 2.05) is 0 Å². The number of oxime groups is 1. The fraction of sp³-hybridized carbons (Fsp3) is 0.909. The first kappa shape index (κ1) is 11.7. The summed E-state index contributed by atoms with van der Waals surface area (Å²) in [6.07, 6.45) is 3.85. The van der Waals surface area contributed by atoms with E-state index in [1.54, 1.807) is 7.11 Å². The maximum Gasteiger partial charge on any atom is 0.153 e. The molecule has 2 atom stereocenters. The minimum absolute atomic E-state index is 0.299. The van der Waals surface area contributed by atoms with Gasteiger partial charge in [-0.3, -0.25) is 4.90 Å². The smallest absolute Gasteiger partial charge is 0.153 e. The third-order valence-corrected chi connectivity index (χ3v) is 4.06. The number of amidine groups is 1. The van der Waals surface area contributed by atoms with Crippen LogP contribution in [0.15, 0.2) is 5.16 Å². The van der Waals surface area contributed by atoms with Gasteiger partial charge in [-0.1, -0.05) is 11.6 Å². The minimum atomic E-state index is 0.299. The van der Waals surface area contributed by atoms with E-state index in [1.165, 1.54) is 19.3 Å². The highest BCUT2D eigenvalue weighted by atomic mass is 16.5. The van der Waals surface area contributed by atoms with E-state index >= 15 is 0 Å². The van der Waals surface area contributed by atoms with Gasteiger partial charge in [0.05, 0.1) is 13.2 Å². The predicted molar refractivity (Wildman–Crippen MR) is 61.5 cm³/mol. The second-order valence-electron chi connectivity index (χ2n) is 5.15. The Labute approximate surface area is 96.2 Å². The lowest BCUT2D eigenvalue weighted by Gasteiger charge is -2.27. The zero-order chi connectivity index (χ0) is 11.6. The van der Waals surface area contributed by atoms with Gasteiger partial charge in [0.2, 0.25) is 0 Å². The van der Waals surface area contributed by atoms with Gasteiger partial charge in [-0.15, -0.1) is 0 Å². The molecule has 3 N–H and O–H groups in total. The van der Waals surface area contributed by atoms with Crippen LogP contribution in [0.2, 0.25) is 0 Å². The molecule has 0 bridgehead atoms. The average molecular weight is 227 g/mol. The number of ether oxygens (including phenoxy) is 1. The molecule has 1 saturated heterocycles. The summed E-state index contributed by atoms with van der Waals surface area (Å²) in [5.41, 5.74) is 5.87. The lowest BCUT2D eigenvalue weighted by Crippen LogP contribution is -2.35. The van der Waals surface area contributed by atoms with Crippen LogP contribution in [0.4, 0.5) is 0 Å². The van der Waals surface area contributed by atoms with E-state index in [0.29, 0.717) is 17.8 Å². The maximum absolute atomic E-state index is 8.58. The summed E-state index contributed by atoms with van der Waals surface area (Å²) in [4.78, 5) is 2.28. The third-order valence-electron chi connectivity index (χ3n) is 4.06. The number of likely N-dealkylation sites (tertiary alicyclic amines) is 1. The number of fused-ring (bicyclic) bond motifs is 1. The van der Waals surface area contributed by atoms with Crippen LogP contribution >= 0.6 is 0 Å². The molecule has 1 saturated carbocycles. The number of nitrogens with two attached hydrogens (primary N) is 1. The Morgan fingerprint density at radius 3 is 3.19 bits per heavy atom. The van der Waals surface area contributed by atoms with E-state index in [0.717, 1.165) is 25.6 Å². The molecule has 16 heavy (non-hydrogen) atoms. The quantitative estimate of drug-likeness (QED) is 0.317. The Bertz CT molecular complexity index is 282. The summed E-state index contributed by atoms with van der Waals surface area (Å²) in [7, 11) is 1.77. The summed E-state index contributed by atoms with van der Waals surface area (Å²) in [6, 6.07) is 0. The minimum Gasteiger partial charge on any atom is -0.409 e. The molecule has 2 aliphatic rings. The van der Waals surface area contributed by atoms with Gasteiger partial charge in [-0.2, -0.15) is 0 Å². The van der Waals surface area contributed by atoms with E-state index in [2.05, 4.69) is 10.1 Å². The fourth-order valence-corrected chi connectivity index (χ4v) is 3.43.